The summed E-state index contributed by atoms with van der Waals surface area (Å²) >= 11 is 10.0. The topological polar surface area (TPSA) is 0 Å². The molecule has 0 N–H and O–H groups in total. The number of hydrogen-bond acceptors (Lipinski definition) is 0. The molecule has 0 radical (unpaired) electrons. The lowest BCUT2D eigenvalue weighted by Crippen LogP contribution is -2.05. The lowest BCUT2D eigenvalue weighted by atomic mass is 9.91. The van der Waals surface area contributed by atoms with Crippen molar-refractivity contribution in [1.29, 1.82) is 0 Å². The normalized spacial score (nSPS) is 12.5. The van der Waals surface area contributed by atoms with Crippen LogP contribution in [0, 0.1) is 0 Å². The highest BCUT2D eigenvalue weighted by Gasteiger charge is 2.15. The van der Waals surface area contributed by atoms with E-state index >= 15 is 0 Å². The van der Waals surface area contributed by atoms with Crippen LogP contribution in [0.25, 0.3) is 10.8 Å². The Kier molecular flexibility index (Phi) is 4.62. The highest BCUT2D eigenvalue weighted by Crippen LogP contribution is 2.31. The molecule has 0 spiro atoms. The Morgan fingerprint density at radius 3 is 2.38 bits per heavy atom. The van der Waals surface area contributed by atoms with Crippen LogP contribution in [0.15, 0.2) is 66.7 Å². The first-order chi connectivity index (χ1) is 10.3. The van der Waals surface area contributed by atoms with Gasteiger partial charge in [-0.1, -0.05) is 88.2 Å². The Bertz CT molecular complexity index is 746. The molecule has 0 aliphatic carbocycles. The summed E-state index contributed by atoms with van der Waals surface area (Å²) < 4.78 is 0. The van der Waals surface area contributed by atoms with E-state index in [0.29, 0.717) is 5.92 Å². The molecule has 0 aliphatic heterocycles. The zero-order valence-corrected chi connectivity index (χ0v) is 13.9. The second kappa shape index (κ2) is 6.64. The standard InChI is InChI=1S/C19H16BrCl/c20-13-16(18-10-3-4-11-19(18)21)12-15-8-5-7-14-6-1-2-9-17(14)15/h1-11,16H,12-13H2. The first-order valence-electron chi connectivity index (χ1n) is 7.06. The first kappa shape index (κ1) is 14.6. The van der Waals surface area contributed by atoms with Gasteiger partial charge in [0.1, 0.15) is 0 Å². The SMILES string of the molecule is Clc1ccccc1C(CBr)Cc1cccc2ccccc12. The van der Waals surface area contributed by atoms with Crippen molar-refractivity contribution >= 4 is 38.3 Å². The van der Waals surface area contributed by atoms with Crippen LogP contribution in [0.1, 0.15) is 17.0 Å². The van der Waals surface area contributed by atoms with E-state index < -0.39 is 0 Å². The number of benzene rings is 3. The molecule has 3 aromatic carbocycles. The zero-order valence-electron chi connectivity index (χ0n) is 11.6. The lowest BCUT2D eigenvalue weighted by molar-refractivity contribution is 0.780. The van der Waals surface area contributed by atoms with Crippen LogP contribution in [0.5, 0.6) is 0 Å². The van der Waals surface area contributed by atoms with Crippen LogP contribution in [-0.4, -0.2) is 5.33 Å². The maximum Gasteiger partial charge on any atom is 0.0441 e. The van der Waals surface area contributed by atoms with Crippen molar-refractivity contribution in [2.45, 2.75) is 12.3 Å². The number of halogens is 2. The zero-order chi connectivity index (χ0) is 14.7. The molecule has 0 heterocycles. The molecule has 106 valence electrons. The minimum absolute atomic E-state index is 0.379. The molecule has 0 amide bonds. The Labute approximate surface area is 138 Å². The van der Waals surface area contributed by atoms with E-state index in [4.69, 9.17) is 11.6 Å². The average Bonchev–Trinajstić information content (AvgIpc) is 2.53. The highest BCUT2D eigenvalue weighted by atomic mass is 79.9. The molecule has 1 unspecified atom stereocenters. The van der Waals surface area contributed by atoms with Crippen LogP contribution in [0.2, 0.25) is 5.02 Å². The van der Waals surface area contributed by atoms with Crippen molar-refractivity contribution in [2.24, 2.45) is 0 Å². The molecule has 21 heavy (non-hydrogen) atoms. The van der Waals surface area contributed by atoms with Crippen LogP contribution in [-0.2, 0) is 6.42 Å². The summed E-state index contributed by atoms with van der Waals surface area (Å²) in [5, 5.41) is 4.38. The molecule has 0 aromatic heterocycles. The summed E-state index contributed by atoms with van der Waals surface area (Å²) in [5.74, 6) is 0.379. The fourth-order valence-corrected chi connectivity index (χ4v) is 3.66. The maximum atomic E-state index is 6.36. The Hall–Kier alpha value is -1.31. The molecular weight excluding hydrogens is 344 g/mol. The van der Waals surface area contributed by atoms with E-state index in [0.717, 1.165) is 16.8 Å². The fraction of sp³-hybridized carbons (Fsp3) is 0.158. The molecule has 0 aliphatic rings. The van der Waals surface area contributed by atoms with E-state index in [2.05, 4.69) is 70.5 Å². The molecule has 0 saturated heterocycles. The fourth-order valence-electron chi connectivity index (χ4n) is 2.79. The van der Waals surface area contributed by atoms with Crippen molar-refractivity contribution in [3.05, 3.63) is 82.9 Å². The molecule has 0 bridgehead atoms. The number of rotatable bonds is 4. The summed E-state index contributed by atoms with van der Waals surface area (Å²) in [5.41, 5.74) is 2.58. The number of alkyl halides is 1. The van der Waals surface area contributed by atoms with Gasteiger partial charge in [-0.2, -0.15) is 0 Å². The van der Waals surface area contributed by atoms with Crippen LogP contribution in [0.4, 0.5) is 0 Å². The second-order valence-corrected chi connectivity index (χ2v) is 6.27. The molecule has 3 aromatic rings. The van der Waals surface area contributed by atoms with Gasteiger partial charge in [0.2, 0.25) is 0 Å². The van der Waals surface area contributed by atoms with Crippen molar-refractivity contribution in [1.82, 2.24) is 0 Å². The monoisotopic (exact) mass is 358 g/mol. The van der Waals surface area contributed by atoms with Crippen molar-refractivity contribution in [3.63, 3.8) is 0 Å². The average molecular weight is 360 g/mol. The quantitative estimate of drug-likeness (QED) is 0.485. The summed E-state index contributed by atoms with van der Waals surface area (Å²) in [4.78, 5) is 0. The third-order valence-electron chi connectivity index (χ3n) is 3.88. The first-order valence-corrected chi connectivity index (χ1v) is 8.56. The Morgan fingerprint density at radius 2 is 1.57 bits per heavy atom. The molecule has 1 atom stereocenters. The summed E-state index contributed by atoms with van der Waals surface area (Å²) in [6.07, 6.45) is 0.982. The van der Waals surface area contributed by atoms with Gasteiger partial charge < -0.3 is 0 Å². The minimum atomic E-state index is 0.379. The molecule has 0 fully saturated rings. The number of fused-ring (bicyclic) bond motifs is 1. The van der Waals surface area contributed by atoms with Gasteiger partial charge in [-0.15, -0.1) is 0 Å². The van der Waals surface area contributed by atoms with E-state index in [-0.39, 0.29) is 0 Å². The predicted octanol–water partition coefficient (Wildman–Crippen LogP) is 6.21. The summed E-state index contributed by atoms with van der Waals surface area (Å²) in [7, 11) is 0. The van der Waals surface area contributed by atoms with Gasteiger partial charge in [-0.3, -0.25) is 0 Å². The maximum absolute atomic E-state index is 6.36. The van der Waals surface area contributed by atoms with Crippen molar-refractivity contribution in [3.8, 4) is 0 Å². The van der Waals surface area contributed by atoms with E-state index in [1.807, 2.05) is 12.1 Å². The largest absolute Gasteiger partial charge is 0.0921 e. The lowest BCUT2D eigenvalue weighted by Gasteiger charge is -2.17. The van der Waals surface area contributed by atoms with Gasteiger partial charge in [0.05, 0.1) is 0 Å². The van der Waals surface area contributed by atoms with Crippen LogP contribution < -0.4 is 0 Å². The summed E-state index contributed by atoms with van der Waals surface area (Å²) in [6, 6.07) is 23.2. The van der Waals surface area contributed by atoms with E-state index in [1.54, 1.807) is 0 Å². The van der Waals surface area contributed by atoms with Gasteiger partial charge in [0, 0.05) is 10.4 Å². The molecule has 0 nitrogen and oxygen atoms in total. The minimum Gasteiger partial charge on any atom is -0.0921 e. The Balaban J connectivity index is 1.98. The predicted molar refractivity (Wildman–Crippen MR) is 95.6 cm³/mol. The van der Waals surface area contributed by atoms with Crippen molar-refractivity contribution < 1.29 is 0 Å². The Morgan fingerprint density at radius 1 is 0.857 bits per heavy atom. The van der Waals surface area contributed by atoms with Gasteiger partial charge in [-0.05, 0) is 40.3 Å². The van der Waals surface area contributed by atoms with Gasteiger partial charge in [-0.25, -0.2) is 0 Å². The smallest absolute Gasteiger partial charge is 0.0441 e. The molecule has 2 heteroatoms. The van der Waals surface area contributed by atoms with Gasteiger partial charge in [0.15, 0.2) is 0 Å². The summed E-state index contributed by atoms with van der Waals surface area (Å²) in [6.45, 7) is 0. The van der Waals surface area contributed by atoms with Crippen molar-refractivity contribution in [2.75, 3.05) is 5.33 Å². The van der Waals surface area contributed by atoms with E-state index in [1.165, 1.54) is 21.9 Å². The third kappa shape index (κ3) is 3.14. The third-order valence-corrected chi connectivity index (χ3v) is 5.00. The highest BCUT2D eigenvalue weighted by molar-refractivity contribution is 9.09. The van der Waals surface area contributed by atoms with Crippen LogP contribution >= 0.6 is 27.5 Å². The van der Waals surface area contributed by atoms with Gasteiger partial charge >= 0.3 is 0 Å². The number of hydrogen-bond donors (Lipinski definition) is 0. The van der Waals surface area contributed by atoms with E-state index in [9.17, 15) is 0 Å². The molecular formula is C19H16BrCl. The van der Waals surface area contributed by atoms with Crippen LogP contribution in [0.3, 0.4) is 0 Å². The van der Waals surface area contributed by atoms with Gasteiger partial charge in [0.25, 0.3) is 0 Å². The molecule has 3 rings (SSSR count). The second-order valence-electron chi connectivity index (χ2n) is 5.22. The molecule has 0 saturated carbocycles.